The average molecular weight is 356 g/mol. The van der Waals surface area contributed by atoms with E-state index in [0.29, 0.717) is 0 Å². The zero-order chi connectivity index (χ0) is 14.7. The number of ether oxygens (including phenoxy) is 2. The van der Waals surface area contributed by atoms with Gasteiger partial charge in [-0.1, -0.05) is 0 Å². The maximum atomic E-state index is 5.49. The van der Waals surface area contributed by atoms with Crippen molar-refractivity contribution in [2.24, 2.45) is 0 Å². The van der Waals surface area contributed by atoms with Gasteiger partial charge in [0.2, 0.25) is 0 Å². The minimum Gasteiger partial charge on any atom is -0.497 e. The van der Waals surface area contributed by atoms with E-state index in [2.05, 4.69) is 34.2 Å². The number of rotatable bonds is 5. The molecule has 0 aliphatic heterocycles. The van der Waals surface area contributed by atoms with Gasteiger partial charge in [0.1, 0.15) is 11.5 Å². The minimum atomic E-state index is 0.0631. The molecule has 1 atom stereocenters. The molecule has 0 bridgehead atoms. The van der Waals surface area contributed by atoms with Crippen molar-refractivity contribution in [1.29, 1.82) is 0 Å². The molecular weight excluding hydrogens is 338 g/mol. The van der Waals surface area contributed by atoms with Gasteiger partial charge in [-0.15, -0.1) is 11.3 Å². The smallest absolute Gasteiger partial charge is 0.124 e. The fourth-order valence-electron chi connectivity index (χ4n) is 2.19. The molecule has 1 aromatic carbocycles. The van der Waals surface area contributed by atoms with Crippen LogP contribution < -0.4 is 14.8 Å². The van der Waals surface area contributed by atoms with Gasteiger partial charge in [0, 0.05) is 19.8 Å². The normalized spacial score (nSPS) is 12.2. The number of aryl methyl sites for hydroxylation is 1. The lowest BCUT2D eigenvalue weighted by atomic mass is 10.0. The summed E-state index contributed by atoms with van der Waals surface area (Å²) in [6.07, 6.45) is 0. The number of thiophene rings is 1. The van der Waals surface area contributed by atoms with Crippen molar-refractivity contribution in [3.8, 4) is 11.5 Å². The second-order valence-electron chi connectivity index (χ2n) is 4.40. The first-order valence-electron chi connectivity index (χ1n) is 6.25. The Balaban J connectivity index is 2.53. The second kappa shape index (κ2) is 6.61. The minimum absolute atomic E-state index is 0.0631. The first-order chi connectivity index (χ1) is 9.60. The third-order valence-electron chi connectivity index (χ3n) is 3.14. The van der Waals surface area contributed by atoms with Crippen LogP contribution in [-0.4, -0.2) is 21.3 Å². The monoisotopic (exact) mass is 355 g/mol. The third kappa shape index (κ3) is 3.00. The molecule has 3 nitrogen and oxygen atoms in total. The molecule has 1 N–H and O–H groups in total. The van der Waals surface area contributed by atoms with Gasteiger partial charge >= 0.3 is 0 Å². The molecule has 1 unspecified atom stereocenters. The highest BCUT2D eigenvalue weighted by Gasteiger charge is 2.21. The standard InChI is InChI=1S/C15H18BrNO2S/c1-9-7-12(16)15(20-9)14(17-2)11-8-10(18-3)5-6-13(11)19-4/h5-8,14,17H,1-4H3. The summed E-state index contributed by atoms with van der Waals surface area (Å²) in [5.74, 6) is 1.67. The molecule has 0 amide bonds. The zero-order valence-corrected chi connectivity index (χ0v) is 14.4. The number of halogens is 1. The van der Waals surface area contributed by atoms with E-state index < -0.39 is 0 Å². The SMILES string of the molecule is CNC(c1cc(OC)ccc1OC)c1sc(C)cc1Br. The van der Waals surface area contributed by atoms with Gasteiger partial charge in [0.25, 0.3) is 0 Å². The van der Waals surface area contributed by atoms with Gasteiger partial charge in [0.05, 0.1) is 20.3 Å². The number of methoxy groups -OCH3 is 2. The lowest BCUT2D eigenvalue weighted by Crippen LogP contribution is -2.17. The van der Waals surface area contributed by atoms with Gasteiger partial charge in [-0.05, 0) is 54.2 Å². The Bertz CT molecular complexity index is 598. The maximum Gasteiger partial charge on any atom is 0.124 e. The topological polar surface area (TPSA) is 30.5 Å². The lowest BCUT2D eigenvalue weighted by molar-refractivity contribution is 0.395. The molecule has 20 heavy (non-hydrogen) atoms. The van der Waals surface area contributed by atoms with Crippen molar-refractivity contribution in [2.75, 3.05) is 21.3 Å². The molecule has 1 aromatic heterocycles. The van der Waals surface area contributed by atoms with E-state index in [1.807, 2.05) is 25.2 Å². The highest BCUT2D eigenvalue weighted by molar-refractivity contribution is 9.10. The van der Waals surface area contributed by atoms with E-state index in [9.17, 15) is 0 Å². The summed E-state index contributed by atoms with van der Waals surface area (Å²) in [6, 6.07) is 8.06. The summed E-state index contributed by atoms with van der Waals surface area (Å²) in [5, 5.41) is 3.36. The Morgan fingerprint density at radius 2 is 1.95 bits per heavy atom. The number of benzene rings is 1. The van der Waals surface area contributed by atoms with Crippen LogP contribution in [0.5, 0.6) is 11.5 Å². The van der Waals surface area contributed by atoms with E-state index >= 15 is 0 Å². The van der Waals surface area contributed by atoms with Gasteiger partial charge in [0.15, 0.2) is 0 Å². The van der Waals surface area contributed by atoms with Crippen molar-refractivity contribution in [3.05, 3.63) is 44.1 Å². The zero-order valence-electron chi connectivity index (χ0n) is 12.0. The molecule has 1 heterocycles. The van der Waals surface area contributed by atoms with Crippen LogP contribution in [0.2, 0.25) is 0 Å². The Morgan fingerprint density at radius 1 is 1.20 bits per heavy atom. The summed E-state index contributed by atoms with van der Waals surface area (Å²) in [6.45, 7) is 2.11. The highest BCUT2D eigenvalue weighted by atomic mass is 79.9. The maximum absolute atomic E-state index is 5.49. The summed E-state index contributed by atoms with van der Waals surface area (Å²) >= 11 is 5.41. The lowest BCUT2D eigenvalue weighted by Gasteiger charge is -2.19. The quantitative estimate of drug-likeness (QED) is 0.873. The molecule has 0 aliphatic carbocycles. The highest BCUT2D eigenvalue weighted by Crippen LogP contribution is 2.39. The molecule has 0 saturated heterocycles. The Hall–Kier alpha value is -1.04. The second-order valence-corrected chi connectivity index (χ2v) is 6.54. The van der Waals surface area contributed by atoms with Crippen LogP contribution in [-0.2, 0) is 0 Å². The van der Waals surface area contributed by atoms with Crippen LogP contribution in [0.25, 0.3) is 0 Å². The van der Waals surface area contributed by atoms with E-state index in [0.717, 1.165) is 21.5 Å². The Morgan fingerprint density at radius 3 is 2.45 bits per heavy atom. The van der Waals surface area contributed by atoms with Crippen LogP contribution in [0.15, 0.2) is 28.7 Å². The van der Waals surface area contributed by atoms with Crippen molar-refractivity contribution >= 4 is 27.3 Å². The van der Waals surface area contributed by atoms with E-state index in [-0.39, 0.29) is 6.04 Å². The molecule has 2 rings (SSSR count). The Kier molecular flexibility index (Phi) is 5.07. The molecular formula is C15H18BrNO2S. The fourth-order valence-corrected chi connectivity index (χ4v) is 4.20. The van der Waals surface area contributed by atoms with E-state index in [1.54, 1.807) is 25.6 Å². The number of hydrogen-bond donors (Lipinski definition) is 1. The van der Waals surface area contributed by atoms with Crippen molar-refractivity contribution < 1.29 is 9.47 Å². The molecule has 0 fully saturated rings. The molecule has 5 heteroatoms. The van der Waals surface area contributed by atoms with Gasteiger partial charge in [-0.3, -0.25) is 0 Å². The van der Waals surface area contributed by atoms with Crippen LogP contribution in [0.1, 0.15) is 21.4 Å². The van der Waals surface area contributed by atoms with E-state index in [4.69, 9.17) is 9.47 Å². The largest absolute Gasteiger partial charge is 0.497 e. The van der Waals surface area contributed by atoms with Gasteiger partial charge in [-0.25, -0.2) is 0 Å². The fraction of sp³-hybridized carbons (Fsp3) is 0.333. The van der Waals surface area contributed by atoms with Crippen LogP contribution >= 0.6 is 27.3 Å². The third-order valence-corrected chi connectivity index (χ3v) is 5.17. The van der Waals surface area contributed by atoms with Crippen LogP contribution in [0, 0.1) is 6.92 Å². The van der Waals surface area contributed by atoms with E-state index in [1.165, 1.54) is 9.75 Å². The summed E-state index contributed by atoms with van der Waals surface area (Å²) < 4.78 is 11.9. The first kappa shape index (κ1) is 15.4. The average Bonchev–Trinajstić information content (AvgIpc) is 2.78. The molecule has 0 radical (unpaired) electrons. The molecule has 0 saturated carbocycles. The summed E-state index contributed by atoms with van der Waals surface area (Å²) in [4.78, 5) is 2.51. The summed E-state index contributed by atoms with van der Waals surface area (Å²) in [5.41, 5.74) is 1.07. The molecule has 108 valence electrons. The number of hydrogen-bond acceptors (Lipinski definition) is 4. The first-order valence-corrected chi connectivity index (χ1v) is 7.86. The van der Waals surface area contributed by atoms with Gasteiger partial charge < -0.3 is 14.8 Å². The van der Waals surface area contributed by atoms with Crippen LogP contribution in [0.4, 0.5) is 0 Å². The Labute approximate surface area is 132 Å². The van der Waals surface area contributed by atoms with Crippen LogP contribution in [0.3, 0.4) is 0 Å². The predicted octanol–water partition coefficient (Wildman–Crippen LogP) is 4.15. The molecule has 0 aliphatic rings. The summed E-state index contributed by atoms with van der Waals surface area (Å²) in [7, 11) is 5.31. The van der Waals surface area contributed by atoms with Gasteiger partial charge in [-0.2, -0.15) is 0 Å². The molecule has 0 spiro atoms. The van der Waals surface area contributed by atoms with Crippen molar-refractivity contribution in [1.82, 2.24) is 5.32 Å². The predicted molar refractivity (Wildman–Crippen MR) is 87.2 cm³/mol. The molecule has 2 aromatic rings. The van der Waals surface area contributed by atoms with Crippen molar-refractivity contribution in [3.63, 3.8) is 0 Å². The number of nitrogens with one attached hydrogen (secondary N) is 1. The van der Waals surface area contributed by atoms with Crippen molar-refractivity contribution in [2.45, 2.75) is 13.0 Å².